The first-order valence-electron chi connectivity index (χ1n) is 5.81. The second-order valence-electron chi connectivity index (χ2n) is 3.99. The molecule has 0 radical (unpaired) electrons. The van der Waals surface area contributed by atoms with E-state index in [4.69, 9.17) is 4.74 Å². The molecule has 0 bridgehead atoms. The summed E-state index contributed by atoms with van der Waals surface area (Å²) in [6.45, 7) is 4.74. The molecule has 4 nitrogen and oxygen atoms in total. The average molecular weight is 251 g/mol. The third kappa shape index (κ3) is 4.68. The lowest BCUT2D eigenvalue weighted by atomic mass is 10.2. The van der Waals surface area contributed by atoms with Crippen molar-refractivity contribution in [3.8, 4) is 0 Å². The summed E-state index contributed by atoms with van der Waals surface area (Å²) in [5, 5.41) is 3.13. The largest absolute Gasteiger partial charge is 0.372 e. The summed E-state index contributed by atoms with van der Waals surface area (Å²) in [7, 11) is 1.93. The molecule has 1 heterocycles. The minimum Gasteiger partial charge on any atom is -0.372 e. The molecular formula is C11H23ClN2O2. The van der Waals surface area contributed by atoms with Gasteiger partial charge in [-0.15, -0.1) is 12.4 Å². The monoisotopic (exact) mass is 250 g/mol. The lowest BCUT2D eigenvalue weighted by Crippen LogP contribution is -2.42. The molecule has 1 N–H and O–H groups in total. The van der Waals surface area contributed by atoms with Crippen molar-refractivity contribution < 1.29 is 9.53 Å². The Morgan fingerprint density at radius 2 is 2.31 bits per heavy atom. The van der Waals surface area contributed by atoms with Crippen LogP contribution < -0.4 is 5.32 Å². The zero-order chi connectivity index (χ0) is 11.1. The molecule has 0 aromatic rings. The predicted molar refractivity (Wildman–Crippen MR) is 67.0 cm³/mol. The zero-order valence-electron chi connectivity index (χ0n) is 10.2. The van der Waals surface area contributed by atoms with Gasteiger partial charge < -0.3 is 15.0 Å². The van der Waals surface area contributed by atoms with Crippen LogP contribution in [0.3, 0.4) is 0 Å². The van der Waals surface area contributed by atoms with Gasteiger partial charge in [-0.3, -0.25) is 4.79 Å². The molecule has 0 aliphatic carbocycles. The molecule has 1 amide bonds. The number of likely N-dealkylation sites (N-methyl/N-ethyl adjacent to an activating group) is 1. The molecule has 0 spiro atoms. The van der Waals surface area contributed by atoms with E-state index in [1.165, 1.54) is 0 Å². The third-order valence-corrected chi connectivity index (χ3v) is 2.71. The summed E-state index contributed by atoms with van der Waals surface area (Å²) in [4.78, 5) is 13.7. The summed E-state index contributed by atoms with van der Waals surface area (Å²) in [5.74, 6) is 0.140. The quantitative estimate of drug-likeness (QED) is 0.717. The second kappa shape index (κ2) is 8.79. The van der Waals surface area contributed by atoms with Crippen LogP contribution in [0, 0.1) is 0 Å². The van der Waals surface area contributed by atoms with E-state index >= 15 is 0 Å². The van der Waals surface area contributed by atoms with Gasteiger partial charge >= 0.3 is 0 Å². The normalized spacial score (nSPS) is 19.6. The van der Waals surface area contributed by atoms with Gasteiger partial charge in [-0.1, -0.05) is 6.92 Å². The van der Waals surface area contributed by atoms with E-state index in [1.807, 2.05) is 18.9 Å². The second-order valence-corrected chi connectivity index (χ2v) is 3.99. The topological polar surface area (TPSA) is 41.6 Å². The molecule has 0 aromatic heterocycles. The minimum absolute atomic E-state index is 0. The van der Waals surface area contributed by atoms with Crippen molar-refractivity contribution in [2.75, 3.05) is 33.4 Å². The van der Waals surface area contributed by atoms with Crippen LogP contribution in [0.1, 0.15) is 26.2 Å². The summed E-state index contributed by atoms with van der Waals surface area (Å²) in [6, 6.07) is 0.368. The Hall–Kier alpha value is -0.320. The molecule has 1 rings (SSSR count). The molecule has 0 saturated carbocycles. The summed E-state index contributed by atoms with van der Waals surface area (Å²) < 4.78 is 5.27. The van der Waals surface area contributed by atoms with Crippen molar-refractivity contribution in [2.45, 2.75) is 32.2 Å². The smallest absolute Gasteiger partial charge is 0.248 e. The molecule has 1 unspecified atom stereocenters. The van der Waals surface area contributed by atoms with E-state index in [2.05, 4.69) is 5.32 Å². The van der Waals surface area contributed by atoms with Crippen molar-refractivity contribution >= 4 is 18.3 Å². The van der Waals surface area contributed by atoms with Crippen molar-refractivity contribution in [1.29, 1.82) is 0 Å². The summed E-state index contributed by atoms with van der Waals surface area (Å²) in [5.41, 5.74) is 0. The first-order chi connectivity index (χ1) is 7.29. The van der Waals surface area contributed by atoms with E-state index < -0.39 is 0 Å². The number of rotatable bonds is 6. The average Bonchev–Trinajstić information content (AvgIpc) is 2.67. The molecule has 1 aliphatic heterocycles. The van der Waals surface area contributed by atoms with E-state index in [1.54, 1.807) is 0 Å². The standard InChI is InChI=1S/C11H22N2O2.ClH/c1-3-7-15-9-11(14)13-6-4-5-10(13)8-12-2;/h10,12H,3-9H2,1-2H3;1H. The molecule has 16 heavy (non-hydrogen) atoms. The highest BCUT2D eigenvalue weighted by atomic mass is 35.5. The minimum atomic E-state index is 0. The number of likely N-dealkylation sites (tertiary alicyclic amines) is 1. The number of hydrogen-bond donors (Lipinski definition) is 1. The van der Waals surface area contributed by atoms with Gasteiger partial charge in [0.2, 0.25) is 5.91 Å². The van der Waals surface area contributed by atoms with Crippen LogP contribution in [0.5, 0.6) is 0 Å². The van der Waals surface area contributed by atoms with Crippen molar-refractivity contribution in [2.24, 2.45) is 0 Å². The zero-order valence-corrected chi connectivity index (χ0v) is 11.0. The van der Waals surface area contributed by atoms with Crippen LogP contribution >= 0.6 is 12.4 Å². The van der Waals surface area contributed by atoms with Crippen LogP contribution in [0.4, 0.5) is 0 Å². The van der Waals surface area contributed by atoms with Gasteiger partial charge in [0.15, 0.2) is 0 Å². The van der Waals surface area contributed by atoms with Gasteiger partial charge in [0.25, 0.3) is 0 Å². The van der Waals surface area contributed by atoms with E-state index in [0.29, 0.717) is 12.6 Å². The Labute approximate surface area is 104 Å². The number of amides is 1. The molecule has 1 saturated heterocycles. The molecular weight excluding hydrogens is 228 g/mol. The number of hydrogen-bond acceptors (Lipinski definition) is 3. The molecule has 5 heteroatoms. The first kappa shape index (κ1) is 15.7. The predicted octanol–water partition coefficient (Wildman–Crippen LogP) is 1.05. The van der Waals surface area contributed by atoms with Crippen LogP contribution in [0.25, 0.3) is 0 Å². The van der Waals surface area contributed by atoms with Gasteiger partial charge in [0.1, 0.15) is 6.61 Å². The Balaban J connectivity index is 0.00000225. The first-order valence-corrected chi connectivity index (χ1v) is 5.81. The van der Waals surface area contributed by atoms with E-state index in [0.717, 1.165) is 32.4 Å². The maximum atomic E-state index is 11.8. The number of carbonyl (C=O) groups excluding carboxylic acids is 1. The van der Waals surface area contributed by atoms with E-state index in [9.17, 15) is 4.79 Å². The van der Waals surface area contributed by atoms with Crippen molar-refractivity contribution in [3.05, 3.63) is 0 Å². The SMILES string of the molecule is CCCOCC(=O)N1CCCC1CNC.Cl. The third-order valence-electron chi connectivity index (χ3n) is 2.71. The highest BCUT2D eigenvalue weighted by molar-refractivity contribution is 5.85. The fraction of sp³-hybridized carbons (Fsp3) is 0.909. The highest BCUT2D eigenvalue weighted by Crippen LogP contribution is 2.16. The number of ether oxygens (including phenoxy) is 1. The van der Waals surface area contributed by atoms with Crippen molar-refractivity contribution in [1.82, 2.24) is 10.2 Å². The maximum Gasteiger partial charge on any atom is 0.248 e. The molecule has 0 aromatic carbocycles. The Kier molecular flexibility index (Phi) is 8.61. The van der Waals surface area contributed by atoms with Gasteiger partial charge in [0.05, 0.1) is 0 Å². The molecule has 1 fully saturated rings. The summed E-state index contributed by atoms with van der Waals surface area (Å²) in [6.07, 6.45) is 3.19. The number of nitrogens with one attached hydrogen (secondary N) is 1. The highest BCUT2D eigenvalue weighted by Gasteiger charge is 2.27. The van der Waals surface area contributed by atoms with Gasteiger partial charge in [-0.25, -0.2) is 0 Å². The molecule has 1 atom stereocenters. The number of nitrogens with zero attached hydrogens (tertiary/aromatic N) is 1. The molecule has 1 aliphatic rings. The number of halogens is 1. The van der Waals surface area contributed by atoms with Crippen LogP contribution in [0.2, 0.25) is 0 Å². The van der Waals surface area contributed by atoms with Crippen LogP contribution in [-0.4, -0.2) is 50.2 Å². The lowest BCUT2D eigenvalue weighted by Gasteiger charge is -2.24. The molecule has 96 valence electrons. The van der Waals surface area contributed by atoms with E-state index in [-0.39, 0.29) is 24.9 Å². The Morgan fingerprint density at radius 1 is 1.56 bits per heavy atom. The Morgan fingerprint density at radius 3 is 2.94 bits per heavy atom. The lowest BCUT2D eigenvalue weighted by molar-refractivity contribution is -0.136. The van der Waals surface area contributed by atoms with Gasteiger partial charge in [-0.2, -0.15) is 0 Å². The maximum absolute atomic E-state index is 11.8. The fourth-order valence-corrected chi connectivity index (χ4v) is 2.00. The van der Waals surface area contributed by atoms with Crippen LogP contribution in [-0.2, 0) is 9.53 Å². The van der Waals surface area contributed by atoms with Crippen LogP contribution in [0.15, 0.2) is 0 Å². The van der Waals surface area contributed by atoms with Gasteiger partial charge in [0, 0.05) is 25.7 Å². The fourth-order valence-electron chi connectivity index (χ4n) is 2.00. The van der Waals surface area contributed by atoms with Gasteiger partial charge in [-0.05, 0) is 26.3 Å². The summed E-state index contributed by atoms with van der Waals surface area (Å²) >= 11 is 0. The van der Waals surface area contributed by atoms with Crippen molar-refractivity contribution in [3.63, 3.8) is 0 Å². The number of carbonyl (C=O) groups is 1. The Bertz CT molecular complexity index is 202.